The summed E-state index contributed by atoms with van der Waals surface area (Å²) in [6.45, 7) is 7.62. The van der Waals surface area contributed by atoms with E-state index in [1.54, 1.807) is 22.9 Å². The van der Waals surface area contributed by atoms with E-state index in [0.717, 1.165) is 12.5 Å². The van der Waals surface area contributed by atoms with Gasteiger partial charge in [-0.2, -0.15) is 18.3 Å². The normalized spacial score (nSPS) is 19.4. The van der Waals surface area contributed by atoms with Crippen molar-refractivity contribution >= 4 is 33.0 Å². The Balaban J connectivity index is 1.82. The van der Waals surface area contributed by atoms with Crippen LogP contribution in [0.1, 0.15) is 75.3 Å². The number of halogens is 4. The van der Waals surface area contributed by atoms with E-state index in [0.29, 0.717) is 55.7 Å². The van der Waals surface area contributed by atoms with Crippen LogP contribution in [-0.4, -0.2) is 54.4 Å². The van der Waals surface area contributed by atoms with Crippen LogP contribution in [0.5, 0.6) is 0 Å². The summed E-state index contributed by atoms with van der Waals surface area (Å²) in [6.07, 6.45) is -0.521. The largest absolute Gasteiger partial charge is 0.408 e. The van der Waals surface area contributed by atoms with Gasteiger partial charge in [0.1, 0.15) is 15.9 Å². The minimum atomic E-state index is -4.38. The topological polar surface area (TPSA) is 93.1 Å². The second-order valence-corrected chi connectivity index (χ2v) is 13.1. The first kappa shape index (κ1) is 30.3. The fourth-order valence-corrected chi connectivity index (χ4v) is 6.29. The molecule has 1 amide bonds. The minimum absolute atomic E-state index is 0.0384. The molecule has 3 rings (SSSR count). The molecule has 0 aliphatic heterocycles. The molecule has 212 valence electrons. The van der Waals surface area contributed by atoms with E-state index in [9.17, 15) is 26.4 Å². The SMILES string of the molecule is CCn1nc(C(=O)NCC2CCC(S(C)(=O)=O)CC2)c(Cl)c1-c1ccc(N[C@H](C)C(F)(F)F)cc1C(C)C. The number of benzene rings is 1. The first-order chi connectivity index (χ1) is 17.6. The standard InChI is InChI=1S/C26H36ClF3N4O3S/c1-6-34-24(20-12-9-18(13-21(20)15(2)3)32-16(4)26(28,29)30)22(27)23(33-34)25(35)31-14-17-7-10-19(11-8-17)38(5,36)37/h9,12-13,15-17,19,32H,6-8,10-11,14H2,1-5H3,(H,31,35)/t16-,17?,19?/m1/s1. The molecule has 38 heavy (non-hydrogen) atoms. The van der Waals surface area contributed by atoms with Gasteiger partial charge in [0.05, 0.1) is 16.0 Å². The molecule has 0 unspecified atom stereocenters. The Hall–Kier alpha value is -2.27. The molecule has 0 spiro atoms. The van der Waals surface area contributed by atoms with Gasteiger partial charge in [0.25, 0.3) is 5.91 Å². The lowest BCUT2D eigenvalue weighted by Crippen LogP contribution is -2.34. The lowest BCUT2D eigenvalue weighted by atomic mass is 9.89. The molecule has 1 aromatic heterocycles. The van der Waals surface area contributed by atoms with Crippen molar-refractivity contribution in [2.75, 3.05) is 18.1 Å². The average Bonchev–Trinajstić information content (AvgIpc) is 3.17. The molecule has 1 atom stereocenters. The summed E-state index contributed by atoms with van der Waals surface area (Å²) >= 11 is 6.71. The van der Waals surface area contributed by atoms with Crippen LogP contribution in [0.2, 0.25) is 5.02 Å². The molecule has 1 heterocycles. The highest BCUT2D eigenvalue weighted by Gasteiger charge is 2.36. The van der Waals surface area contributed by atoms with Crippen molar-refractivity contribution in [3.8, 4) is 11.3 Å². The third-order valence-corrected chi connectivity index (χ3v) is 9.20. The number of aromatic nitrogens is 2. The van der Waals surface area contributed by atoms with Crippen molar-refractivity contribution in [3.05, 3.63) is 34.5 Å². The van der Waals surface area contributed by atoms with Crippen LogP contribution in [0.3, 0.4) is 0 Å². The molecule has 0 saturated heterocycles. The second kappa shape index (κ2) is 11.9. The molecule has 1 aromatic carbocycles. The summed E-state index contributed by atoms with van der Waals surface area (Å²) < 4.78 is 64.4. The number of rotatable bonds is 9. The maximum absolute atomic E-state index is 13.1. The van der Waals surface area contributed by atoms with Crippen molar-refractivity contribution in [2.45, 2.75) is 83.3 Å². The van der Waals surface area contributed by atoms with Crippen LogP contribution < -0.4 is 10.6 Å². The third-order valence-electron chi connectivity index (χ3n) is 7.16. The number of nitrogens with zero attached hydrogens (tertiary/aromatic N) is 2. The number of hydrogen-bond donors (Lipinski definition) is 2. The number of anilines is 1. The zero-order valence-corrected chi connectivity index (χ0v) is 23.9. The molecule has 1 saturated carbocycles. The molecule has 0 bridgehead atoms. The van der Waals surface area contributed by atoms with E-state index in [1.165, 1.54) is 6.26 Å². The van der Waals surface area contributed by atoms with Crippen molar-refractivity contribution in [1.82, 2.24) is 15.1 Å². The van der Waals surface area contributed by atoms with Crippen LogP contribution in [0.4, 0.5) is 18.9 Å². The van der Waals surface area contributed by atoms with Gasteiger partial charge in [-0.1, -0.05) is 31.5 Å². The summed E-state index contributed by atoms with van der Waals surface area (Å²) in [5, 5.41) is 9.70. The summed E-state index contributed by atoms with van der Waals surface area (Å²) in [7, 11) is -3.06. The van der Waals surface area contributed by atoms with Crippen LogP contribution in [-0.2, 0) is 16.4 Å². The first-order valence-corrected chi connectivity index (χ1v) is 15.2. The monoisotopic (exact) mass is 576 g/mol. The van der Waals surface area contributed by atoms with Crippen molar-refractivity contribution in [2.24, 2.45) is 5.92 Å². The molecule has 1 fully saturated rings. The lowest BCUT2D eigenvalue weighted by molar-refractivity contribution is -0.138. The van der Waals surface area contributed by atoms with Crippen molar-refractivity contribution < 1.29 is 26.4 Å². The van der Waals surface area contributed by atoms with Crippen LogP contribution >= 0.6 is 11.6 Å². The van der Waals surface area contributed by atoms with Gasteiger partial charge in [0.2, 0.25) is 0 Å². The highest BCUT2D eigenvalue weighted by Crippen LogP contribution is 2.38. The van der Waals surface area contributed by atoms with Gasteiger partial charge in [-0.05, 0) is 69.1 Å². The minimum Gasteiger partial charge on any atom is -0.374 e. The summed E-state index contributed by atoms with van der Waals surface area (Å²) in [6, 6.07) is 3.24. The summed E-state index contributed by atoms with van der Waals surface area (Å²) in [5.74, 6) is -0.282. The predicted octanol–water partition coefficient (Wildman–Crippen LogP) is 6.04. The van der Waals surface area contributed by atoms with Crippen molar-refractivity contribution in [3.63, 3.8) is 0 Å². The molecule has 2 aromatic rings. The van der Waals surface area contributed by atoms with Crippen LogP contribution in [0.15, 0.2) is 18.2 Å². The first-order valence-electron chi connectivity index (χ1n) is 12.8. The second-order valence-electron chi connectivity index (χ2n) is 10.4. The molecule has 0 radical (unpaired) electrons. The number of carbonyl (C=O) groups is 1. The number of alkyl halides is 3. The van der Waals surface area contributed by atoms with Gasteiger partial charge in [0.15, 0.2) is 5.69 Å². The van der Waals surface area contributed by atoms with Crippen LogP contribution in [0, 0.1) is 5.92 Å². The smallest absolute Gasteiger partial charge is 0.374 e. The number of amides is 1. The Kier molecular flexibility index (Phi) is 9.45. The highest BCUT2D eigenvalue weighted by molar-refractivity contribution is 7.91. The third kappa shape index (κ3) is 7.02. The highest BCUT2D eigenvalue weighted by atomic mass is 35.5. The molecule has 1 aliphatic carbocycles. The Morgan fingerprint density at radius 2 is 1.82 bits per heavy atom. The maximum Gasteiger partial charge on any atom is 0.408 e. The van der Waals surface area contributed by atoms with Crippen molar-refractivity contribution in [1.29, 1.82) is 0 Å². The zero-order chi connectivity index (χ0) is 28.4. The molecular weight excluding hydrogens is 541 g/mol. The quantitative estimate of drug-likeness (QED) is 0.379. The Morgan fingerprint density at radius 1 is 1.18 bits per heavy atom. The van der Waals surface area contributed by atoms with Gasteiger partial charge in [0, 0.05) is 30.6 Å². The summed E-state index contributed by atoms with van der Waals surface area (Å²) in [5.41, 5.74) is 2.42. The van der Waals surface area contributed by atoms with Gasteiger partial charge in [-0.25, -0.2) is 8.42 Å². The number of sulfone groups is 1. The van der Waals surface area contributed by atoms with E-state index in [-0.39, 0.29) is 27.8 Å². The number of nitrogens with one attached hydrogen (secondary N) is 2. The molecule has 12 heteroatoms. The van der Waals surface area contributed by atoms with E-state index < -0.39 is 28.0 Å². The van der Waals surface area contributed by atoms with E-state index in [2.05, 4.69) is 15.7 Å². The van der Waals surface area contributed by atoms with E-state index in [4.69, 9.17) is 11.6 Å². The van der Waals surface area contributed by atoms with Crippen LogP contribution in [0.25, 0.3) is 11.3 Å². The average molecular weight is 577 g/mol. The Labute approximate surface area is 227 Å². The number of aryl methyl sites for hydroxylation is 1. The molecule has 2 N–H and O–H groups in total. The number of hydrogen-bond acceptors (Lipinski definition) is 5. The zero-order valence-electron chi connectivity index (χ0n) is 22.3. The van der Waals surface area contributed by atoms with E-state index in [1.807, 2.05) is 20.8 Å². The molecule has 7 nitrogen and oxygen atoms in total. The predicted molar refractivity (Wildman–Crippen MR) is 144 cm³/mol. The Bertz CT molecular complexity index is 1250. The Morgan fingerprint density at radius 3 is 2.34 bits per heavy atom. The molecular formula is C26H36ClF3N4O3S. The number of carbonyl (C=O) groups excluding carboxylic acids is 1. The summed E-state index contributed by atoms with van der Waals surface area (Å²) in [4.78, 5) is 13.0. The van der Waals surface area contributed by atoms with Gasteiger partial charge in [-0.15, -0.1) is 0 Å². The van der Waals surface area contributed by atoms with E-state index >= 15 is 0 Å². The fraction of sp³-hybridized carbons (Fsp3) is 0.615. The molecule has 1 aliphatic rings. The van der Waals surface area contributed by atoms with Gasteiger partial charge >= 0.3 is 6.18 Å². The van der Waals surface area contributed by atoms with Gasteiger partial charge in [-0.3, -0.25) is 9.48 Å². The lowest BCUT2D eigenvalue weighted by Gasteiger charge is -2.27. The fourth-order valence-electron chi connectivity index (χ4n) is 4.83. The van der Waals surface area contributed by atoms with Gasteiger partial charge < -0.3 is 10.6 Å². The maximum atomic E-state index is 13.1.